The van der Waals surface area contributed by atoms with Crippen LogP contribution in [0.3, 0.4) is 0 Å². The normalized spacial score (nSPS) is 11.0. The summed E-state index contributed by atoms with van der Waals surface area (Å²) in [7, 11) is 0. The molecule has 3 heterocycles. The maximum Gasteiger partial charge on any atom is 0.157 e. The summed E-state index contributed by atoms with van der Waals surface area (Å²) in [5.41, 5.74) is 1.66. The molecule has 0 saturated carbocycles. The molecule has 0 atom stereocenters. The van der Waals surface area contributed by atoms with Crippen LogP contribution < -0.4 is 0 Å². The zero-order valence-corrected chi connectivity index (χ0v) is 9.16. The van der Waals surface area contributed by atoms with Gasteiger partial charge in [-0.2, -0.15) is 5.10 Å². The Balaban J connectivity index is 2.29. The predicted molar refractivity (Wildman–Crippen MR) is 61.3 cm³/mol. The van der Waals surface area contributed by atoms with Crippen LogP contribution in [0.5, 0.6) is 0 Å². The lowest BCUT2D eigenvalue weighted by atomic mass is 10.3. The lowest BCUT2D eigenvalue weighted by molar-refractivity contribution is 0.942. The molecule has 0 saturated heterocycles. The van der Waals surface area contributed by atoms with Gasteiger partial charge >= 0.3 is 0 Å². The Hall–Kier alpha value is -1.39. The third-order valence-electron chi connectivity index (χ3n) is 2.09. The van der Waals surface area contributed by atoms with Crippen molar-refractivity contribution < 1.29 is 0 Å². The monoisotopic (exact) mass is 235 g/mol. The van der Waals surface area contributed by atoms with Crippen LogP contribution in [0.4, 0.5) is 0 Å². The van der Waals surface area contributed by atoms with Gasteiger partial charge in [0.2, 0.25) is 0 Å². The second-order valence-electron chi connectivity index (χ2n) is 3.04. The highest BCUT2D eigenvalue weighted by Crippen LogP contribution is 2.25. The van der Waals surface area contributed by atoms with Crippen LogP contribution in [-0.2, 0) is 0 Å². The minimum absolute atomic E-state index is 0.577. The Morgan fingerprint density at radius 2 is 2.27 bits per heavy atom. The van der Waals surface area contributed by atoms with Gasteiger partial charge < -0.3 is 0 Å². The number of fused-ring (bicyclic) bond motifs is 1. The highest BCUT2D eigenvalue weighted by atomic mass is 35.5. The van der Waals surface area contributed by atoms with Crippen molar-refractivity contribution in [2.24, 2.45) is 0 Å². The lowest BCUT2D eigenvalue weighted by Crippen LogP contribution is -1.93. The molecule has 74 valence electrons. The van der Waals surface area contributed by atoms with Gasteiger partial charge in [0.25, 0.3) is 0 Å². The Morgan fingerprint density at radius 3 is 3.07 bits per heavy atom. The van der Waals surface area contributed by atoms with Crippen LogP contribution in [0.2, 0.25) is 5.15 Å². The summed E-state index contributed by atoms with van der Waals surface area (Å²) < 4.78 is 1.61. The van der Waals surface area contributed by atoms with E-state index in [4.69, 9.17) is 11.6 Å². The molecule has 15 heavy (non-hydrogen) atoms. The molecule has 5 heteroatoms. The molecule has 3 nitrogen and oxygen atoms in total. The minimum Gasteiger partial charge on any atom is -0.228 e. The number of thiophene rings is 1. The van der Waals surface area contributed by atoms with E-state index in [2.05, 4.69) is 10.1 Å². The quantitative estimate of drug-likeness (QED) is 0.607. The molecule has 0 amide bonds. The van der Waals surface area contributed by atoms with Crippen LogP contribution in [0, 0.1) is 0 Å². The Morgan fingerprint density at radius 1 is 1.33 bits per heavy atom. The topological polar surface area (TPSA) is 30.2 Å². The highest BCUT2D eigenvalue weighted by Gasteiger charge is 2.06. The first-order valence-electron chi connectivity index (χ1n) is 4.39. The van der Waals surface area contributed by atoms with Gasteiger partial charge in [0.1, 0.15) is 5.15 Å². The molecule has 0 radical (unpaired) electrons. The first kappa shape index (κ1) is 8.88. The van der Waals surface area contributed by atoms with Gasteiger partial charge in [-0.1, -0.05) is 17.7 Å². The van der Waals surface area contributed by atoms with Crippen LogP contribution in [0.15, 0.2) is 35.8 Å². The molecule has 3 aromatic rings. The van der Waals surface area contributed by atoms with E-state index in [-0.39, 0.29) is 0 Å². The summed E-state index contributed by atoms with van der Waals surface area (Å²) in [6, 6.07) is 7.68. The molecule has 0 aliphatic carbocycles. The average Bonchev–Trinajstić information content (AvgIpc) is 2.88. The lowest BCUT2D eigenvalue weighted by Gasteiger charge is -2.00. The smallest absolute Gasteiger partial charge is 0.157 e. The van der Waals surface area contributed by atoms with Crippen molar-refractivity contribution in [1.29, 1.82) is 0 Å². The maximum atomic E-state index is 6.09. The van der Waals surface area contributed by atoms with E-state index in [1.54, 1.807) is 22.0 Å². The van der Waals surface area contributed by atoms with Crippen molar-refractivity contribution in [3.8, 4) is 10.6 Å². The second kappa shape index (κ2) is 3.32. The van der Waals surface area contributed by atoms with Gasteiger partial charge in [0.15, 0.2) is 5.65 Å². The van der Waals surface area contributed by atoms with E-state index in [1.165, 1.54) is 0 Å². The van der Waals surface area contributed by atoms with E-state index in [1.807, 2.05) is 29.6 Å². The zero-order chi connectivity index (χ0) is 10.3. The number of hydrogen-bond donors (Lipinski definition) is 0. The maximum absolute atomic E-state index is 6.09. The van der Waals surface area contributed by atoms with Crippen LogP contribution in [-0.4, -0.2) is 14.6 Å². The molecule has 0 fully saturated rings. The molecule has 3 rings (SSSR count). The number of rotatable bonds is 1. The van der Waals surface area contributed by atoms with E-state index in [9.17, 15) is 0 Å². The van der Waals surface area contributed by atoms with Crippen molar-refractivity contribution >= 4 is 28.6 Å². The fourth-order valence-corrected chi connectivity index (χ4v) is 2.35. The first-order valence-corrected chi connectivity index (χ1v) is 5.64. The fraction of sp³-hybridized carbons (Fsp3) is 0. The predicted octanol–water partition coefficient (Wildman–Crippen LogP) is 3.11. The third kappa shape index (κ3) is 1.42. The van der Waals surface area contributed by atoms with E-state index < -0.39 is 0 Å². The van der Waals surface area contributed by atoms with E-state index in [0.29, 0.717) is 5.15 Å². The van der Waals surface area contributed by atoms with Gasteiger partial charge in [-0.05, 0) is 11.4 Å². The summed E-state index contributed by atoms with van der Waals surface area (Å²) in [5.74, 6) is 0. The summed E-state index contributed by atoms with van der Waals surface area (Å²) in [6.07, 6.45) is 1.69. The summed E-state index contributed by atoms with van der Waals surface area (Å²) in [5, 5.41) is 6.66. The van der Waals surface area contributed by atoms with Crippen LogP contribution in [0.1, 0.15) is 0 Å². The van der Waals surface area contributed by atoms with Gasteiger partial charge in [0, 0.05) is 12.1 Å². The Labute approximate surface area is 95.0 Å². The molecular weight excluding hydrogens is 230 g/mol. The molecule has 0 unspecified atom stereocenters. The van der Waals surface area contributed by atoms with Gasteiger partial charge in [0.05, 0.1) is 16.8 Å². The summed E-state index contributed by atoms with van der Waals surface area (Å²) in [6.45, 7) is 0. The van der Waals surface area contributed by atoms with E-state index >= 15 is 0 Å². The SMILES string of the molecule is Clc1cc(-c2cccs2)nc2ccnn12. The van der Waals surface area contributed by atoms with Crippen molar-refractivity contribution in [3.05, 3.63) is 41.0 Å². The van der Waals surface area contributed by atoms with Crippen molar-refractivity contribution in [1.82, 2.24) is 14.6 Å². The van der Waals surface area contributed by atoms with Gasteiger partial charge in [-0.25, -0.2) is 9.50 Å². The van der Waals surface area contributed by atoms with Crippen molar-refractivity contribution in [2.75, 3.05) is 0 Å². The first-order chi connectivity index (χ1) is 7.34. The summed E-state index contributed by atoms with van der Waals surface area (Å²) >= 11 is 7.73. The molecule has 0 aromatic carbocycles. The van der Waals surface area contributed by atoms with E-state index in [0.717, 1.165) is 16.2 Å². The minimum atomic E-state index is 0.577. The second-order valence-corrected chi connectivity index (χ2v) is 4.38. The number of aromatic nitrogens is 3. The molecular formula is C10H6ClN3S. The highest BCUT2D eigenvalue weighted by molar-refractivity contribution is 7.13. The number of hydrogen-bond acceptors (Lipinski definition) is 3. The third-order valence-corrected chi connectivity index (χ3v) is 3.25. The largest absolute Gasteiger partial charge is 0.228 e. The van der Waals surface area contributed by atoms with Crippen LogP contribution >= 0.6 is 22.9 Å². The number of halogens is 1. The Kier molecular flexibility index (Phi) is 1.97. The van der Waals surface area contributed by atoms with Crippen LogP contribution in [0.25, 0.3) is 16.2 Å². The zero-order valence-electron chi connectivity index (χ0n) is 7.59. The van der Waals surface area contributed by atoms with Crippen molar-refractivity contribution in [2.45, 2.75) is 0 Å². The Bertz CT molecular complexity index is 600. The van der Waals surface area contributed by atoms with Crippen molar-refractivity contribution in [3.63, 3.8) is 0 Å². The molecule has 0 N–H and O–H groups in total. The molecule has 0 spiro atoms. The fourth-order valence-electron chi connectivity index (χ4n) is 1.43. The van der Waals surface area contributed by atoms with Gasteiger partial charge in [-0.15, -0.1) is 11.3 Å². The standard InChI is InChI=1S/C10H6ClN3S/c11-9-6-7(8-2-1-5-15-8)13-10-3-4-12-14(9)10/h1-6H. The summed E-state index contributed by atoms with van der Waals surface area (Å²) in [4.78, 5) is 5.58. The average molecular weight is 236 g/mol. The number of nitrogens with zero attached hydrogens (tertiary/aromatic N) is 3. The molecule has 0 aliphatic heterocycles. The van der Waals surface area contributed by atoms with Gasteiger partial charge in [-0.3, -0.25) is 0 Å². The molecule has 0 aliphatic rings. The molecule has 0 bridgehead atoms. The molecule has 3 aromatic heterocycles.